The fourth-order valence-electron chi connectivity index (χ4n) is 2.64. The Morgan fingerprint density at radius 2 is 2.37 bits per heavy atom. The van der Waals surface area contributed by atoms with Crippen molar-refractivity contribution in [1.82, 2.24) is 10.3 Å². The molecule has 1 aliphatic heterocycles. The van der Waals surface area contributed by atoms with Gasteiger partial charge in [0, 0.05) is 25.3 Å². The lowest BCUT2D eigenvalue weighted by atomic mass is 10.2. The summed E-state index contributed by atoms with van der Waals surface area (Å²) in [6.45, 7) is 8.11. The second kappa shape index (κ2) is 7.34. The Morgan fingerprint density at radius 1 is 1.47 bits per heavy atom. The van der Waals surface area contributed by atoms with E-state index in [4.69, 9.17) is 4.74 Å². The summed E-state index contributed by atoms with van der Waals surface area (Å²) in [4.78, 5) is 6.93. The second-order valence-electron chi connectivity index (χ2n) is 4.95. The van der Waals surface area contributed by atoms with Crippen LogP contribution in [-0.2, 0) is 0 Å². The molecule has 0 aromatic carbocycles. The highest BCUT2D eigenvalue weighted by molar-refractivity contribution is 5.53. The van der Waals surface area contributed by atoms with Gasteiger partial charge < -0.3 is 15.0 Å². The van der Waals surface area contributed by atoms with Crippen LogP contribution in [0.15, 0.2) is 18.3 Å². The first-order valence-electron chi connectivity index (χ1n) is 7.42. The zero-order valence-corrected chi connectivity index (χ0v) is 12.1. The largest absolute Gasteiger partial charge is 0.490 e. The number of nitrogens with zero attached hydrogens (tertiary/aromatic N) is 2. The molecule has 1 aliphatic rings. The number of ether oxygens (including phenoxy) is 1. The zero-order chi connectivity index (χ0) is 13.5. The van der Waals surface area contributed by atoms with Gasteiger partial charge in [-0.25, -0.2) is 4.98 Å². The number of rotatable bonds is 7. The molecule has 0 spiro atoms. The van der Waals surface area contributed by atoms with Gasteiger partial charge in [0.15, 0.2) is 11.6 Å². The smallest absolute Gasteiger partial charge is 0.171 e. The van der Waals surface area contributed by atoms with Gasteiger partial charge in [0.05, 0.1) is 6.61 Å². The number of nitrogens with one attached hydrogen (secondary N) is 1. The van der Waals surface area contributed by atoms with E-state index >= 15 is 0 Å². The molecule has 2 heterocycles. The fraction of sp³-hybridized carbons (Fsp3) is 0.667. The third-order valence-corrected chi connectivity index (χ3v) is 3.51. The lowest BCUT2D eigenvalue weighted by Crippen LogP contribution is -2.38. The van der Waals surface area contributed by atoms with Crippen LogP contribution in [-0.4, -0.2) is 37.3 Å². The Kier molecular flexibility index (Phi) is 5.45. The van der Waals surface area contributed by atoms with Gasteiger partial charge in [0.25, 0.3) is 0 Å². The topological polar surface area (TPSA) is 37.4 Å². The molecule has 0 saturated carbocycles. The monoisotopic (exact) mass is 263 g/mol. The van der Waals surface area contributed by atoms with Crippen LogP contribution in [0.3, 0.4) is 0 Å². The van der Waals surface area contributed by atoms with Crippen LogP contribution in [0, 0.1) is 0 Å². The van der Waals surface area contributed by atoms with Crippen molar-refractivity contribution in [2.75, 3.05) is 31.1 Å². The first kappa shape index (κ1) is 14.1. The van der Waals surface area contributed by atoms with E-state index in [-0.39, 0.29) is 0 Å². The van der Waals surface area contributed by atoms with Crippen molar-refractivity contribution in [3.05, 3.63) is 18.3 Å². The van der Waals surface area contributed by atoms with Crippen molar-refractivity contribution in [2.45, 2.75) is 39.2 Å². The van der Waals surface area contributed by atoms with Crippen molar-refractivity contribution in [2.24, 2.45) is 0 Å². The van der Waals surface area contributed by atoms with Crippen molar-refractivity contribution in [3.63, 3.8) is 0 Å². The molecule has 1 aromatic rings. The third-order valence-electron chi connectivity index (χ3n) is 3.51. The number of hydrogen-bond donors (Lipinski definition) is 1. The molecule has 0 amide bonds. The summed E-state index contributed by atoms with van der Waals surface area (Å²) in [6.07, 6.45) is 5.51. The van der Waals surface area contributed by atoms with Gasteiger partial charge in [0.2, 0.25) is 0 Å². The van der Waals surface area contributed by atoms with Crippen LogP contribution in [0.5, 0.6) is 5.75 Å². The van der Waals surface area contributed by atoms with Crippen molar-refractivity contribution in [1.29, 1.82) is 0 Å². The summed E-state index contributed by atoms with van der Waals surface area (Å²) in [5, 5.41) is 3.52. The van der Waals surface area contributed by atoms with Gasteiger partial charge in [-0.2, -0.15) is 0 Å². The van der Waals surface area contributed by atoms with Crippen LogP contribution >= 0.6 is 0 Å². The summed E-state index contributed by atoms with van der Waals surface area (Å²) >= 11 is 0. The van der Waals surface area contributed by atoms with Crippen molar-refractivity contribution in [3.8, 4) is 5.75 Å². The SMILES string of the molecule is CCCNCC1CCCN1c1ncccc1OCC. The van der Waals surface area contributed by atoms with Gasteiger partial charge in [-0.15, -0.1) is 0 Å². The molecule has 0 radical (unpaired) electrons. The number of anilines is 1. The van der Waals surface area contributed by atoms with E-state index in [0.29, 0.717) is 12.6 Å². The van der Waals surface area contributed by atoms with E-state index in [2.05, 4.69) is 22.1 Å². The molecule has 1 unspecified atom stereocenters. The average Bonchev–Trinajstić information content (AvgIpc) is 2.88. The molecule has 19 heavy (non-hydrogen) atoms. The number of pyridine rings is 1. The Morgan fingerprint density at radius 3 is 3.16 bits per heavy atom. The minimum absolute atomic E-state index is 0.542. The molecule has 4 nitrogen and oxygen atoms in total. The first-order valence-corrected chi connectivity index (χ1v) is 7.42. The standard InChI is InChI=1S/C15H25N3O/c1-3-9-16-12-13-7-6-11-18(13)15-14(19-4-2)8-5-10-17-15/h5,8,10,13,16H,3-4,6-7,9,11-12H2,1-2H3. The van der Waals surface area contributed by atoms with Gasteiger partial charge >= 0.3 is 0 Å². The molecule has 106 valence electrons. The van der Waals surface area contributed by atoms with E-state index in [0.717, 1.165) is 31.2 Å². The second-order valence-corrected chi connectivity index (χ2v) is 4.95. The van der Waals surface area contributed by atoms with Gasteiger partial charge in [-0.05, 0) is 44.9 Å². The number of hydrogen-bond acceptors (Lipinski definition) is 4. The molecule has 1 N–H and O–H groups in total. The molecule has 1 atom stereocenters. The molecule has 2 rings (SSSR count). The van der Waals surface area contributed by atoms with Crippen LogP contribution in [0.25, 0.3) is 0 Å². The summed E-state index contributed by atoms with van der Waals surface area (Å²) in [7, 11) is 0. The minimum Gasteiger partial charge on any atom is -0.490 e. The number of aromatic nitrogens is 1. The summed E-state index contributed by atoms with van der Waals surface area (Å²) < 4.78 is 5.70. The molecule has 4 heteroatoms. The summed E-state index contributed by atoms with van der Waals surface area (Å²) in [5.74, 6) is 1.91. The lowest BCUT2D eigenvalue weighted by molar-refractivity contribution is 0.338. The highest BCUT2D eigenvalue weighted by atomic mass is 16.5. The summed E-state index contributed by atoms with van der Waals surface area (Å²) in [6, 6.07) is 4.50. The Labute approximate surface area is 116 Å². The molecule has 0 aliphatic carbocycles. The highest BCUT2D eigenvalue weighted by Crippen LogP contribution is 2.31. The maximum atomic E-state index is 5.70. The molecule has 0 bridgehead atoms. The molecule has 1 fully saturated rings. The molecular formula is C15H25N3O. The van der Waals surface area contributed by atoms with Gasteiger partial charge in [-0.3, -0.25) is 0 Å². The maximum Gasteiger partial charge on any atom is 0.171 e. The molecular weight excluding hydrogens is 238 g/mol. The first-order chi connectivity index (χ1) is 9.36. The van der Waals surface area contributed by atoms with Crippen LogP contribution in [0.2, 0.25) is 0 Å². The van der Waals surface area contributed by atoms with E-state index in [1.165, 1.54) is 19.3 Å². The molecule has 1 aromatic heterocycles. The summed E-state index contributed by atoms with van der Waals surface area (Å²) in [5.41, 5.74) is 0. The Bertz CT molecular complexity index is 383. The highest BCUT2D eigenvalue weighted by Gasteiger charge is 2.27. The third kappa shape index (κ3) is 3.60. The molecule has 1 saturated heterocycles. The van der Waals surface area contributed by atoms with Crippen LogP contribution in [0.1, 0.15) is 33.1 Å². The lowest BCUT2D eigenvalue weighted by Gasteiger charge is -2.27. The van der Waals surface area contributed by atoms with Gasteiger partial charge in [-0.1, -0.05) is 6.92 Å². The van der Waals surface area contributed by atoms with Crippen LogP contribution in [0.4, 0.5) is 5.82 Å². The quantitative estimate of drug-likeness (QED) is 0.767. The fourth-order valence-corrected chi connectivity index (χ4v) is 2.64. The zero-order valence-electron chi connectivity index (χ0n) is 12.1. The predicted molar refractivity (Wildman–Crippen MR) is 78.9 cm³/mol. The van der Waals surface area contributed by atoms with Crippen LogP contribution < -0.4 is 15.0 Å². The Hall–Kier alpha value is -1.29. The van der Waals surface area contributed by atoms with Crippen molar-refractivity contribution >= 4 is 5.82 Å². The normalized spacial score (nSPS) is 18.8. The minimum atomic E-state index is 0.542. The van der Waals surface area contributed by atoms with E-state index < -0.39 is 0 Å². The van der Waals surface area contributed by atoms with Crippen molar-refractivity contribution < 1.29 is 4.74 Å². The van der Waals surface area contributed by atoms with Gasteiger partial charge in [0.1, 0.15) is 0 Å². The van der Waals surface area contributed by atoms with E-state index in [9.17, 15) is 0 Å². The maximum absolute atomic E-state index is 5.70. The average molecular weight is 263 g/mol. The Balaban J connectivity index is 2.06. The van der Waals surface area contributed by atoms with E-state index in [1.54, 1.807) is 0 Å². The van der Waals surface area contributed by atoms with E-state index in [1.807, 2.05) is 25.3 Å². The predicted octanol–water partition coefficient (Wildman–Crippen LogP) is 2.45.